The number of aromatic nitrogens is 2. The number of pyridine rings is 2. The third kappa shape index (κ3) is 2.41. The molecule has 2 N–H and O–H groups in total. The molecule has 105 valence electrons. The van der Waals surface area contributed by atoms with E-state index >= 15 is 0 Å². The average molecular weight is 294 g/mol. The van der Waals surface area contributed by atoms with Crippen molar-refractivity contribution in [3.05, 3.63) is 59.3 Å². The van der Waals surface area contributed by atoms with Gasteiger partial charge in [0, 0.05) is 31.2 Å². The Bertz CT molecular complexity index is 871. The maximum Gasteiger partial charge on any atom is 0.259 e. The van der Waals surface area contributed by atoms with Crippen LogP contribution in [0.15, 0.2) is 53.7 Å². The third-order valence-electron chi connectivity index (χ3n) is 3.61. The summed E-state index contributed by atoms with van der Waals surface area (Å²) in [6, 6.07) is 10.1. The molecule has 2 heterocycles. The lowest BCUT2D eigenvalue weighted by molar-refractivity contribution is 0.874. The highest BCUT2D eigenvalue weighted by Gasteiger charge is 2.10. The summed E-state index contributed by atoms with van der Waals surface area (Å²) >= 11 is 0. The van der Waals surface area contributed by atoms with Crippen LogP contribution in [0.5, 0.6) is 0 Å². The topological polar surface area (TPSA) is 60.9 Å². The van der Waals surface area contributed by atoms with Crippen LogP contribution in [0.3, 0.4) is 0 Å². The maximum atomic E-state index is 12.2. The van der Waals surface area contributed by atoms with Crippen LogP contribution in [-0.4, -0.2) is 18.5 Å². The van der Waals surface area contributed by atoms with E-state index < -0.39 is 8.96 Å². The summed E-state index contributed by atoms with van der Waals surface area (Å²) in [5, 5.41) is 8.80. The number of nitrogens with zero attached hydrogens (tertiary/aromatic N) is 2. The zero-order chi connectivity index (χ0) is 15.0. The fourth-order valence-corrected chi connectivity index (χ4v) is 3.22. The van der Waals surface area contributed by atoms with Gasteiger partial charge in [0.25, 0.3) is 5.56 Å². The van der Waals surface area contributed by atoms with Crippen LogP contribution < -0.4 is 16.1 Å². The Balaban J connectivity index is 2.33. The predicted octanol–water partition coefficient (Wildman–Crippen LogP) is 1.39. The second-order valence-electron chi connectivity index (χ2n) is 5.14. The SMILES string of the molecule is Cn1cc(-c2cccc([Si](C)N)c2)c2ccncc2c1=O. The lowest BCUT2D eigenvalue weighted by atomic mass is 10.0. The van der Waals surface area contributed by atoms with Gasteiger partial charge in [0.15, 0.2) is 8.96 Å². The highest BCUT2D eigenvalue weighted by Crippen LogP contribution is 2.25. The molecule has 3 aromatic rings. The van der Waals surface area contributed by atoms with Gasteiger partial charge < -0.3 is 9.97 Å². The van der Waals surface area contributed by atoms with Crippen molar-refractivity contribution >= 4 is 24.9 Å². The van der Waals surface area contributed by atoms with Crippen LogP contribution >= 0.6 is 0 Å². The van der Waals surface area contributed by atoms with Gasteiger partial charge >= 0.3 is 0 Å². The van der Waals surface area contributed by atoms with E-state index in [0.717, 1.165) is 16.5 Å². The molecule has 5 heteroatoms. The first-order chi connectivity index (χ1) is 10.1. The van der Waals surface area contributed by atoms with Crippen molar-refractivity contribution in [3.63, 3.8) is 0 Å². The lowest BCUT2D eigenvalue weighted by Crippen LogP contribution is -2.36. The molecule has 1 aromatic carbocycles. The molecular formula is C16H16N3OSi. The first-order valence-corrected chi connectivity index (χ1v) is 8.79. The zero-order valence-electron chi connectivity index (χ0n) is 12.0. The van der Waals surface area contributed by atoms with Crippen molar-refractivity contribution in [2.24, 2.45) is 12.4 Å². The Hall–Kier alpha value is -2.24. The van der Waals surface area contributed by atoms with Gasteiger partial charge in [-0.3, -0.25) is 9.78 Å². The Morgan fingerprint density at radius 2 is 2.05 bits per heavy atom. The zero-order valence-corrected chi connectivity index (χ0v) is 13.0. The van der Waals surface area contributed by atoms with Crippen LogP contribution in [0.4, 0.5) is 0 Å². The largest absolute Gasteiger partial charge is 0.348 e. The summed E-state index contributed by atoms with van der Waals surface area (Å²) in [5.41, 5.74) is 2.07. The second-order valence-corrected chi connectivity index (χ2v) is 7.09. The Labute approximate surface area is 124 Å². The van der Waals surface area contributed by atoms with Crippen LogP contribution in [0.1, 0.15) is 0 Å². The Morgan fingerprint density at radius 3 is 2.81 bits per heavy atom. The second kappa shape index (κ2) is 5.27. The molecule has 0 aliphatic heterocycles. The first-order valence-electron chi connectivity index (χ1n) is 6.71. The molecule has 0 fully saturated rings. The molecule has 1 radical (unpaired) electrons. The average Bonchev–Trinajstić information content (AvgIpc) is 2.51. The maximum absolute atomic E-state index is 12.2. The van der Waals surface area contributed by atoms with Crippen LogP contribution in [0.25, 0.3) is 21.9 Å². The van der Waals surface area contributed by atoms with Gasteiger partial charge in [-0.1, -0.05) is 30.8 Å². The standard InChI is InChI=1S/C16H16N3OSi/c1-19-10-15(11-4-3-5-12(8-11)21(2)17)13-6-7-18-9-14(13)16(19)20/h3-10H,17H2,1-2H3. The van der Waals surface area contributed by atoms with E-state index in [-0.39, 0.29) is 5.56 Å². The van der Waals surface area contributed by atoms with Gasteiger partial charge in [-0.2, -0.15) is 0 Å². The van der Waals surface area contributed by atoms with Gasteiger partial charge in [0.05, 0.1) is 5.39 Å². The van der Waals surface area contributed by atoms with Gasteiger partial charge in [-0.15, -0.1) is 0 Å². The van der Waals surface area contributed by atoms with E-state index in [9.17, 15) is 4.79 Å². The summed E-state index contributed by atoms with van der Waals surface area (Å²) in [4.78, 5) is 16.3. The highest BCUT2D eigenvalue weighted by atomic mass is 28.3. The number of hydrogen-bond acceptors (Lipinski definition) is 3. The molecule has 0 bridgehead atoms. The summed E-state index contributed by atoms with van der Waals surface area (Å²) in [7, 11) is 0.771. The molecule has 21 heavy (non-hydrogen) atoms. The fourth-order valence-electron chi connectivity index (χ4n) is 2.47. The first kappa shape index (κ1) is 13.7. The number of nitrogens with two attached hydrogens (primary N) is 1. The van der Waals surface area contributed by atoms with Crippen molar-refractivity contribution in [1.82, 2.24) is 9.55 Å². The van der Waals surface area contributed by atoms with E-state index in [4.69, 9.17) is 5.40 Å². The molecule has 0 aliphatic rings. The predicted molar refractivity (Wildman–Crippen MR) is 87.9 cm³/mol. The summed E-state index contributed by atoms with van der Waals surface area (Å²) in [5.74, 6) is 0. The smallest absolute Gasteiger partial charge is 0.259 e. The normalized spacial score (nSPS) is 11.2. The molecule has 4 nitrogen and oxygen atoms in total. The fraction of sp³-hybridized carbons (Fsp3) is 0.125. The molecule has 2 aromatic heterocycles. The minimum absolute atomic E-state index is 0.0305. The summed E-state index contributed by atoms with van der Waals surface area (Å²) in [6.45, 7) is 2.06. The molecule has 0 atom stereocenters. The van der Waals surface area contributed by atoms with Gasteiger partial charge in [0.2, 0.25) is 0 Å². The molecule has 3 rings (SSSR count). The molecule has 0 spiro atoms. The number of aryl methyl sites for hydroxylation is 1. The minimum atomic E-state index is -0.993. The van der Waals surface area contributed by atoms with Crippen LogP contribution in [0, 0.1) is 0 Å². The molecular weight excluding hydrogens is 278 g/mol. The van der Waals surface area contributed by atoms with E-state index in [0.29, 0.717) is 5.39 Å². The quantitative estimate of drug-likeness (QED) is 0.727. The molecule has 0 aliphatic carbocycles. The van der Waals surface area contributed by atoms with Crippen molar-refractivity contribution in [1.29, 1.82) is 0 Å². The molecule has 0 amide bonds. The molecule has 0 saturated carbocycles. The number of rotatable bonds is 2. The molecule has 0 unspecified atom stereocenters. The summed E-state index contributed by atoms with van der Waals surface area (Å²) in [6.07, 6.45) is 5.22. The van der Waals surface area contributed by atoms with Gasteiger partial charge in [0.1, 0.15) is 0 Å². The van der Waals surface area contributed by atoms with Gasteiger partial charge in [-0.05, 0) is 22.2 Å². The molecule has 0 saturated heterocycles. The van der Waals surface area contributed by atoms with Crippen molar-refractivity contribution < 1.29 is 0 Å². The summed E-state index contributed by atoms with van der Waals surface area (Å²) < 4.78 is 1.60. The van der Waals surface area contributed by atoms with E-state index in [2.05, 4.69) is 23.7 Å². The monoisotopic (exact) mass is 294 g/mol. The van der Waals surface area contributed by atoms with E-state index in [1.54, 1.807) is 24.0 Å². The van der Waals surface area contributed by atoms with E-state index in [1.807, 2.05) is 24.4 Å². The Kier molecular flexibility index (Phi) is 3.45. The van der Waals surface area contributed by atoms with Crippen molar-refractivity contribution in [2.75, 3.05) is 0 Å². The van der Waals surface area contributed by atoms with Crippen LogP contribution in [-0.2, 0) is 7.05 Å². The Morgan fingerprint density at radius 1 is 1.24 bits per heavy atom. The number of fused-ring (bicyclic) bond motifs is 1. The highest BCUT2D eigenvalue weighted by molar-refractivity contribution is 6.69. The number of hydrogen-bond donors (Lipinski definition) is 1. The van der Waals surface area contributed by atoms with Gasteiger partial charge in [-0.25, -0.2) is 0 Å². The lowest BCUT2D eigenvalue weighted by Gasteiger charge is -2.11. The number of benzene rings is 1. The van der Waals surface area contributed by atoms with Crippen molar-refractivity contribution in [2.45, 2.75) is 6.55 Å². The van der Waals surface area contributed by atoms with Crippen molar-refractivity contribution in [3.8, 4) is 11.1 Å². The minimum Gasteiger partial charge on any atom is -0.348 e. The third-order valence-corrected chi connectivity index (χ3v) is 4.84. The van der Waals surface area contributed by atoms with E-state index in [1.165, 1.54) is 5.19 Å². The van der Waals surface area contributed by atoms with Crippen LogP contribution in [0.2, 0.25) is 6.55 Å².